The van der Waals surface area contributed by atoms with Gasteiger partial charge in [-0.15, -0.1) is 0 Å². The fourth-order valence-electron chi connectivity index (χ4n) is 1.92. The van der Waals surface area contributed by atoms with Gasteiger partial charge in [-0.3, -0.25) is 4.79 Å². The highest BCUT2D eigenvalue weighted by Crippen LogP contribution is 2.10. The van der Waals surface area contributed by atoms with Crippen LogP contribution in [0.15, 0.2) is 54.6 Å². The van der Waals surface area contributed by atoms with Gasteiger partial charge in [-0.25, -0.2) is 4.79 Å². The third-order valence-electron chi connectivity index (χ3n) is 3.11. The van der Waals surface area contributed by atoms with Crippen LogP contribution in [0.3, 0.4) is 0 Å². The third-order valence-corrected chi connectivity index (χ3v) is 3.35. The average molecular weight is 330 g/mol. The van der Waals surface area contributed by atoms with Gasteiger partial charge in [0.2, 0.25) is 5.91 Å². The lowest BCUT2D eigenvalue weighted by Gasteiger charge is -2.03. The molecule has 0 aliphatic carbocycles. The molecule has 0 saturated heterocycles. The monoisotopic (exact) mass is 329 g/mol. The molecule has 0 fully saturated rings. The van der Waals surface area contributed by atoms with Gasteiger partial charge in [0, 0.05) is 17.6 Å². The molecule has 0 bridgehead atoms. The van der Waals surface area contributed by atoms with Gasteiger partial charge >= 0.3 is 5.97 Å². The number of hydrogen-bond acceptors (Lipinski definition) is 3. The maximum atomic E-state index is 11.8. The van der Waals surface area contributed by atoms with E-state index >= 15 is 0 Å². The Morgan fingerprint density at radius 3 is 2.57 bits per heavy atom. The number of methoxy groups -OCH3 is 1. The molecular weight excluding hydrogens is 314 g/mol. The van der Waals surface area contributed by atoms with Crippen molar-refractivity contribution in [1.29, 1.82) is 0 Å². The number of rotatable bonds is 5. The van der Waals surface area contributed by atoms with Crippen LogP contribution < -0.4 is 5.32 Å². The van der Waals surface area contributed by atoms with Crippen LogP contribution >= 0.6 is 11.6 Å². The molecule has 0 heterocycles. The van der Waals surface area contributed by atoms with Crippen LogP contribution in [0.25, 0.3) is 6.08 Å². The summed E-state index contributed by atoms with van der Waals surface area (Å²) >= 11 is 5.89. The Balaban J connectivity index is 1.89. The van der Waals surface area contributed by atoms with Gasteiger partial charge in [0.1, 0.15) is 0 Å². The molecule has 0 atom stereocenters. The average Bonchev–Trinajstić information content (AvgIpc) is 2.58. The fourth-order valence-corrected chi connectivity index (χ4v) is 2.13. The highest BCUT2D eigenvalue weighted by atomic mass is 35.5. The summed E-state index contributed by atoms with van der Waals surface area (Å²) in [6.45, 7) is 0.408. The molecule has 0 radical (unpaired) electrons. The smallest absolute Gasteiger partial charge is 0.337 e. The van der Waals surface area contributed by atoms with Crippen molar-refractivity contribution in [3.05, 3.63) is 76.3 Å². The number of nitrogens with one attached hydrogen (secondary N) is 1. The molecule has 2 aromatic carbocycles. The molecule has 0 spiro atoms. The topological polar surface area (TPSA) is 55.4 Å². The molecule has 1 amide bonds. The number of carbonyl (C=O) groups is 2. The number of hydrogen-bond donors (Lipinski definition) is 1. The number of carbonyl (C=O) groups excluding carboxylic acids is 2. The molecule has 0 aliphatic rings. The minimum Gasteiger partial charge on any atom is -0.465 e. The Bertz CT molecular complexity index is 723. The first-order chi connectivity index (χ1) is 11.1. The number of halogens is 1. The van der Waals surface area contributed by atoms with E-state index in [9.17, 15) is 9.59 Å². The number of ether oxygens (including phenoxy) is 1. The fraction of sp³-hybridized carbons (Fsp3) is 0.111. The van der Waals surface area contributed by atoms with Crippen molar-refractivity contribution < 1.29 is 14.3 Å². The summed E-state index contributed by atoms with van der Waals surface area (Å²) < 4.78 is 4.63. The van der Waals surface area contributed by atoms with Crippen LogP contribution in [-0.2, 0) is 16.1 Å². The van der Waals surface area contributed by atoms with E-state index in [0.29, 0.717) is 17.1 Å². The number of benzene rings is 2. The Morgan fingerprint density at radius 1 is 1.17 bits per heavy atom. The summed E-state index contributed by atoms with van der Waals surface area (Å²) in [7, 11) is 1.33. The predicted molar refractivity (Wildman–Crippen MR) is 90.1 cm³/mol. The largest absolute Gasteiger partial charge is 0.465 e. The van der Waals surface area contributed by atoms with Gasteiger partial charge in [0.15, 0.2) is 0 Å². The second kappa shape index (κ2) is 8.15. The highest BCUT2D eigenvalue weighted by molar-refractivity contribution is 6.30. The van der Waals surface area contributed by atoms with Gasteiger partial charge in [-0.05, 0) is 41.5 Å². The van der Waals surface area contributed by atoms with Gasteiger partial charge < -0.3 is 10.1 Å². The molecule has 4 nitrogen and oxygen atoms in total. The zero-order valence-corrected chi connectivity index (χ0v) is 13.3. The molecule has 5 heteroatoms. The maximum absolute atomic E-state index is 11.8. The lowest BCUT2D eigenvalue weighted by molar-refractivity contribution is -0.116. The molecule has 0 unspecified atom stereocenters. The van der Waals surface area contributed by atoms with Gasteiger partial charge in [0.25, 0.3) is 0 Å². The van der Waals surface area contributed by atoms with E-state index in [4.69, 9.17) is 11.6 Å². The van der Waals surface area contributed by atoms with E-state index in [1.54, 1.807) is 42.5 Å². The first-order valence-corrected chi connectivity index (χ1v) is 7.35. The van der Waals surface area contributed by atoms with Gasteiger partial charge in [-0.1, -0.05) is 35.9 Å². The lowest BCUT2D eigenvalue weighted by atomic mass is 10.1. The van der Waals surface area contributed by atoms with Crippen molar-refractivity contribution >= 4 is 29.6 Å². The Labute approximate surface area is 139 Å². The first-order valence-electron chi connectivity index (χ1n) is 6.97. The second-order valence-corrected chi connectivity index (χ2v) is 5.23. The maximum Gasteiger partial charge on any atom is 0.337 e. The van der Waals surface area contributed by atoms with E-state index < -0.39 is 0 Å². The molecule has 118 valence electrons. The SMILES string of the molecule is COC(=O)c1ccc(/C=C/C(=O)NCc2cccc(Cl)c2)cc1. The second-order valence-electron chi connectivity index (χ2n) is 4.79. The van der Waals surface area contributed by atoms with E-state index in [2.05, 4.69) is 10.1 Å². The standard InChI is InChI=1S/C18H16ClNO3/c1-23-18(22)15-8-5-13(6-9-15)7-10-17(21)20-12-14-3-2-4-16(19)11-14/h2-11H,12H2,1H3,(H,20,21)/b10-7+. The molecule has 1 N–H and O–H groups in total. The summed E-state index contributed by atoms with van der Waals surface area (Å²) in [6, 6.07) is 14.1. The van der Waals surface area contributed by atoms with Gasteiger partial charge in [-0.2, -0.15) is 0 Å². The third kappa shape index (κ3) is 5.27. The van der Waals surface area contributed by atoms with Crippen LogP contribution in [-0.4, -0.2) is 19.0 Å². The minimum absolute atomic E-state index is 0.206. The van der Waals surface area contributed by atoms with Crippen molar-refractivity contribution in [2.75, 3.05) is 7.11 Å². The van der Waals surface area contributed by atoms with Crippen LogP contribution in [0, 0.1) is 0 Å². The van der Waals surface area contributed by atoms with Crippen molar-refractivity contribution in [3.8, 4) is 0 Å². The molecule has 0 aliphatic heterocycles. The lowest BCUT2D eigenvalue weighted by Crippen LogP contribution is -2.20. The normalized spacial score (nSPS) is 10.5. The molecule has 2 rings (SSSR count). The molecular formula is C18H16ClNO3. The van der Waals surface area contributed by atoms with Crippen LogP contribution in [0.1, 0.15) is 21.5 Å². The minimum atomic E-state index is -0.389. The summed E-state index contributed by atoms with van der Waals surface area (Å²) in [5, 5.41) is 3.41. The van der Waals surface area contributed by atoms with E-state index in [-0.39, 0.29) is 11.9 Å². The van der Waals surface area contributed by atoms with Crippen molar-refractivity contribution in [2.45, 2.75) is 6.54 Å². The molecule has 23 heavy (non-hydrogen) atoms. The zero-order chi connectivity index (χ0) is 16.7. The summed E-state index contributed by atoms with van der Waals surface area (Å²) in [5.74, 6) is -0.596. The molecule has 0 saturated carbocycles. The quantitative estimate of drug-likeness (QED) is 0.675. The van der Waals surface area contributed by atoms with E-state index in [1.807, 2.05) is 12.1 Å². The summed E-state index contributed by atoms with van der Waals surface area (Å²) in [6.07, 6.45) is 3.12. The number of esters is 1. The molecule has 2 aromatic rings. The van der Waals surface area contributed by atoms with Crippen LogP contribution in [0.5, 0.6) is 0 Å². The number of amides is 1. The summed E-state index contributed by atoms with van der Waals surface area (Å²) in [4.78, 5) is 23.1. The first kappa shape index (κ1) is 16.8. The van der Waals surface area contributed by atoms with E-state index in [1.165, 1.54) is 13.2 Å². The van der Waals surface area contributed by atoms with E-state index in [0.717, 1.165) is 11.1 Å². The van der Waals surface area contributed by atoms with Crippen LogP contribution in [0.2, 0.25) is 5.02 Å². The molecule has 0 aromatic heterocycles. The van der Waals surface area contributed by atoms with Crippen LogP contribution in [0.4, 0.5) is 0 Å². The highest BCUT2D eigenvalue weighted by Gasteiger charge is 2.03. The van der Waals surface area contributed by atoms with Gasteiger partial charge in [0.05, 0.1) is 12.7 Å². The zero-order valence-electron chi connectivity index (χ0n) is 12.6. The van der Waals surface area contributed by atoms with Crippen molar-refractivity contribution in [3.63, 3.8) is 0 Å². The Morgan fingerprint density at radius 2 is 1.91 bits per heavy atom. The Kier molecular flexibility index (Phi) is 5.94. The predicted octanol–water partition coefficient (Wildman–Crippen LogP) is 3.46. The Hall–Kier alpha value is -2.59. The van der Waals surface area contributed by atoms with Crippen molar-refractivity contribution in [2.24, 2.45) is 0 Å². The van der Waals surface area contributed by atoms with Crippen molar-refractivity contribution in [1.82, 2.24) is 5.32 Å². The summed E-state index contributed by atoms with van der Waals surface area (Å²) in [5.41, 5.74) is 2.22.